The summed E-state index contributed by atoms with van der Waals surface area (Å²) in [6, 6.07) is 0. The topological polar surface area (TPSA) is 40.1 Å². The van der Waals surface area contributed by atoms with Crippen LogP contribution in [0.5, 0.6) is 0 Å². The predicted octanol–water partition coefficient (Wildman–Crippen LogP) is 5.57. The van der Waals surface area contributed by atoms with Crippen molar-refractivity contribution in [1.82, 2.24) is 0 Å². The summed E-state index contributed by atoms with van der Waals surface area (Å²) in [5.41, 5.74) is 0. The van der Waals surface area contributed by atoms with Gasteiger partial charge in [0.15, 0.2) is 0 Å². The number of nitrogens with zero attached hydrogens (tertiary/aromatic N) is 1. The van der Waals surface area contributed by atoms with E-state index in [-0.39, 0.29) is 0 Å². The van der Waals surface area contributed by atoms with E-state index in [1.165, 1.54) is 82.0 Å². The van der Waals surface area contributed by atoms with E-state index in [1.54, 1.807) is 0 Å². The Morgan fingerprint density at radius 3 is 1.07 bits per heavy atom. The average Bonchev–Trinajstić information content (AvgIpc) is 2.66. The first-order chi connectivity index (χ1) is 13.7. The van der Waals surface area contributed by atoms with Crippen LogP contribution in [-0.2, 0) is 4.79 Å². The van der Waals surface area contributed by atoms with Gasteiger partial charge in [0, 0.05) is 0 Å². The number of alkyl halides is 7. The summed E-state index contributed by atoms with van der Waals surface area (Å²) in [5, 5.41) is 9.27. The summed E-state index contributed by atoms with van der Waals surface area (Å²) >= 11 is 0. The maximum Gasteiger partial charge on any atom is 0.460 e. The van der Waals surface area contributed by atoms with Gasteiger partial charge in [-0.05, 0) is 25.7 Å². The zero-order valence-electron chi connectivity index (χ0n) is 18.4. The second kappa shape index (κ2) is 14.1. The molecular formula is C20H36F7NO2. The van der Waals surface area contributed by atoms with E-state index in [4.69, 9.17) is 0 Å². The fraction of sp³-hybridized carbons (Fsp3) is 0.950. The molecule has 10 heteroatoms. The van der Waals surface area contributed by atoms with Gasteiger partial charge in [-0.15, -0.1) is 0 Å². The number of carboxylic acid groups (broad SMARTS) is 1. The molecule has 0 aliphatic carbocycles. The van der Waals surface area contributed by atoms with Crippen molar-refractivity contribution in [2.24, 2.45) is 0 Å². The Kier molecular flexibility index (Phi) is 14.6. The number of carbonyl (C=O) groups excluding carboxylic acids is 1. The molecule has 0 bridgehead atoms. The molecule has 0 saturated heterocycles. The number of halogens is 7. The third-order valence-electron chi connectivity index (χ3n) is 4.95. The van der Waals surface area contributed by atoms with Gasteiger partial charge in [0.25, 0.3) is 0 Å². The van der Waals surface area contributed by atoms with Crippen molar-refractivity contribution >= 4 is 5.97 Å². The van der Waals surface area contributed by atoms with E-state index in [9.17, 15) is 40.6 Å². The Hall–Kier alpha value is -1.06. The maximum absolute atomic E-state index is 11.7. The van der Waals surface area contributed by atoms with Crippen LogP contribution >= 0.6 is 0 Å². The van der Waals surface area contributed by atoms with Gasteiger partial charge in [0.1, 0.15) is 5.97 Å². The number of unbranched alkanes of at least 4 members (excludes halogenated alkanes) is 4. The molecule has 0 aliphatic heterocycles. The second-order valence-electron chi connectivity index (χ2n) is 7.58. The highest BCUT2D eigenvalue weighted by molar-refractivity contribution is 5.74. The summed E-state index contributed by atoms with van der Waals surface area (Å²) in [4.78, 5) is 9.27. The molecule has 0 aromatic carbocycles. The molecule has 0 atom stereocenters. The van der Waals surface area contributed by atoms with Gasteiger partial charge in [-0.1, -0.05) is 53.4 Å². The van der Waals surface area contributed by atoms with E-state index in [0.29, 0.717) is 0 Å². The summed E-state index contributed by atoms with van der Waals surface area (Å²) in [6.07, 6.45) is 4.42. The zero-order valence-corrected chi connectivity index (χ0v) is 18.4. The predicted molar refractivity (Wildman–Crippen MR) is 100 cm³/mol. The minimum absolute atomic E-state index is 1.35. The number of rotatable bonds is 14. The van der Waals surface area contributed by atoms with Crippen LogP contribution in [0.25, 0.3) is 0 Å². The molecule has 0 fully saturated rings. The molecule has 0 spiro atoms. The fourth-order valence-electron chi connectivity index (χ4n) is 2.95. The molecule has 0 aliphatic rings. The summed E-state index contributed by atoms with van der Waals surface area (Å²) < 4.78 is 81.6. The molecule has 0 aromatic rings. The Bertz CT molecular complexity index is 431. The number of carboxylic acids is 1. The number of hydrogen-bond donors (Lipinski definition) is 0. The minimum Gasteiger partial charge on any atom is -0.544 e. The Balaban J connectivity index is 0. The van der Waals surface area contributed by atoms with Crippen LogP contribution in [0, 0.1) is 0 Å². The fourth-order valence-corrected chi connectivity index (χ4v) is 2.95. The van der Waals surface area contributed by atoms with Gasteiger partial charge < -0.3 is 14.4 Å². The van der Waals surface area contributed by atoms with Crippen LogP contribution in [0.3, 0.4) is 0 Å². The summed E-state index contributed by atoms with van der Waals surface area (Å²) in [7, 11) is 0. The van der Waals surface area contributed by atoms with Gasteiger partial charge >= 0.3 is 18.0 Å². The second-order valence-corrected chi connectivity index (χ2v) is 7.58. The van der Waals surface area contributed by atoms with Crippen LogP contribution in [0.1, 0.15) is 79.1 Å². The zero-order chi connectivity index (χ0) is 24.1. The quantitative estimate of drug-likeness (QED) is 0.254. The Morgan fingerprint density at radius 1 is 0.667 bits per heavy atom. The molecule has 30 heavy (non-hydrogen) atoms. The Morgan fingerprint density at radius 2 is 0.933 bits per heavy atom. The van der Waals surface area contributed by atoms with Crippen LogP contribution in [-0.4, -0.2) is 54.7 Å². The highest BCUT2D eigenvalue weighted by Crippen LogP contribution is 2.46. The van der Waals surface area contributed by atoms with Gasteiger partial charge in [-0.3, -0.25) is 0 Å². The highest BCUT2D eigenvalue weighted by atomic mass is 19.4. The molecule has 182 valence electrons. The lowest BCUT2D eigenvalue weighted by atomic mass is 10.1. The lowest BCUT2D eigenvalue weighted by Gasteiger charge is -2.39. The van der Waals surface area contributed by atoms with Crippen molar-refractivity contribution in [2.45, 2.75) is 97.1 Å². The van der Waals surface area contributed by atoms with Gasteiger partial charge in [0.2, 0.25) is 0 Å². The lowest BCUT2D eigenvalue weighted by molar-refractivity contribution is -0.929. The van der Waals surface area contributed by atoms with Crippen LogP contribution in [0.15, 0.2) is 0 Å². The SMILES string of the molecule is CCCC[N+](CCCC)(CCCC)CCCC.O=C([O-])C(F)(F)C(F)(F)C(F)(F)F. The molecule has 3 nitrogen and oxygen atoms in total. The first-order valence-electron chi connectivity index (χ1n) is 10.6. The minimum atomic E-state index is -6.64. The van der Waals surface area contributed by atoms with E-state index < -0.39 is 24.0 Å². The van der Waals surface area contributed by atoms with Crippen molar-refractivity contribution in [3.05, 3.63) is 0 Å². The van der Waals surface area contributed by atoms with Gasteiger partial charge in [-0.2, -0.15) is 30.7 Å². The molecule has 0 saturated carbocycles. The molecule has 0 rings (SSSR count). The average molecular weight is 455 g/mol. The number of carbonyl (C=O) groups is 1. The van der Waals surface area contributed by atoms with Crippen molar-refractivity contribution < 1.29 is 45.1 Å². The first kappa shape index (κ1) is 31.1. The first-order valence-corrected chi connectivity index (χ1v) is 10.6. The molecule has 0 amide bonds. The smallest absolute Gasteiger partial charge is 0.460 e. The summed E-state index contributed by atoms with van der Waals surface area (Å²) in [5.74, 6) is -16.7. The molecule has 0 aromatic heterocycles. The number of aliphatic carboxylic acids is 1. The molecule has 0 radical (unpaired) electrons. The van der Waals surface area contributed by atoms with E-state index in [1.807, 2.05) is 0 Å². The largest absolute Gasteiger partial charge is 0.544 e. The number of quaternary nitrogens is 1. The molecule has 0 N–H and O–H groups in total. The third kappa shape index (κ3) is 9.83. The van der Waals surface area contributed by atoms with E-state index in [0.717, 1.165) is 0 Å². The van der Waals surface area contributed by atoms with Crippen LogP contribution < -0.4 is 5.11 Å². The van der Waals surface area contributed by atoms with Crippen molar-refractivity contribution in [1.29, 1.82) is 0 Å². The standard InChI is InChI=1S/C16H36N.C4HF7O2/c1-5-9-13-17(14-10-6-2,15-11-7-3)16-12-8-4;5-2(6,1(12)13)3(7,8)4(9,10)11/h5-16H2,1-4H3;(H,12,13)/q+1;/p-1. The molecule has 0 heterocycles. The van der Waals surface area contributed by atoms with Crippen molar-refractivity contribution in [2.75, 3.05) is 26.2 Å². The molecular weight excluding hydrogens is 419 g/mol. The van der Waals surface area contributed by atoms with Gasteiger partial charge in [-0.25, -0.2) is 0 Å². The molecule has 0 unspecified atom stereocenters. The number of hydrogen-bond acceptors (Lipinski definition) is 2. The van der Waals surface area contributed by atoms with Crippen molar-refractivity contribution in [3.8, 4) is 0 Å². The summed E-state index contributed by atoms with van der Waals surface area (Å²) in [6.45, 7) is 15.0. The third-order valence-corrected chi connectivity index (χ3v) is 4.95. The monoisotopic (exact) mass is 455 g/mol. The van der Waals surface area contributed by atoms with E-state index >= 15 is 0 Å². The maximum atomic E-state index is 11.7. The van der Waals surface area contributed by atoms with Crippen molar-refractivity contribution in [3.63, 3.8) is 0 Å². The van der Waals surface area contributed by atoms with Gasteiger partial charge in [0.05, 0.1) is 26.2 Å². The van der Waals surface area contributed by atoms with Crippen LogP contribution in [0.4, 0.5) is 30.7 Å². The van der Waals surface area contributed by atoms with Crippen LogP contribution in [0.2, 0.25) is 0 Å². The Labute approximate surface area is 175 Å². The highest BCUT2D eigenvalue weighted by Gasteiger charge is 2.73. The lowest BCUT2D eigenvalue weighted by Crippen LogP contribution is -2.60. The normalized spacial score (nSPS) is 13.0. The van der Waals surface area contributed by atoms with E-state index in [2.05, 4.69) is 27.7 Å².